The zero-order valence-corrected chi connectivity index (χ0v) is 12.2. The molecular weight excluding hydrogens is 278 g/mol. The molecule has 1 heterocycles. The summed E-state index contributed by atoms with van der Waals surface area (Å²) in [5.41, 5.74) is 0.133. The van der Waals surface area contributed by atoms with Crippen molar-refractivity contribution in [2.45, 2.75) is 12.5 Å². The maximum absolute atomic E-state index is 13.2. The minimum atomic E-state index is -1.03. The average molecular weight is 298 g/mol. The molecule has 1 amide bonds. The highest BCUT2D eigenvalue weighted by molar-refractivity contribution is 5.94. The molecule has 0 aliphatic carbocycles. The van der Waals surface area contributed by atoms with Crippen LogP contribution in [-0.4, -0.2) is 60.6 Å². The highest BCUT2D eigenvalue weighted by Crippen LogP contribution is 2.22. The summed E-state index contributed by atoms with van der Waals surface area (Å²) in [5, 5.41) is 9.49. The summed E-state index contributed by atoms with van der Waals surface area (Å²) in [5.74, 6) is -2.36. The minimum absolute atomic E-state index is 0.00952. The van der Waals surface area contributed by atoms with Crippen molar-refractivity contribution in [2.75, 3.05) is 33.8 Å². The standard InChI is InChI=1S/C15H20F2N2O2/c1-18(2)14-5-6-19(8-11(14)9-20)15(21)10-3-4-12(16)13(17)7-10/h3-4,7,11,14,20H,5-6,8-9H2,1-2H3/t11-,14-/m1/s1. The van der Waals surface area contributed by atoms with Crippen molar-refractivity contribution in [3.8, 4) is 0 Å². The lowest BCUT2D eigenvalue weighted by Crippen LogP contribution is -2.51. The molecule has 0 aromatic heterocycles. The molecule has 2 atom stereocenters. The van der Waals surface area contributed by atoms with E-state index in [1.54, 1.807) is 4.90 Å². The number of nitrogens with zero attached hydrogens (tertiary/aromatic N) is 2. The topological polar surface area (TPSA) is 43.8 Å². The number of rotatable bonds is 3. The number of aliphatic hydroxyl groups is 1. The summed E-state index contributed by atoms with van der Waals surface area (Å²) < 4.78 is 26.1. The highest BCUT2D eigenvalue weighted by atomic mass is 19.2. The van der Waals surface area contributed by atoms with E-state index in [1.165, 1.54) is 6.07 Å². The molecule has 1 aromatic carbocycles. The second kappa shape index (κ2) is 6.49. The van der Waals surface area contributed by atoms with E-state index >= 15 is 0 Å². The van der Waals surface area contributed by atoms with Gasteiger partial charge in [0, 0.05) is 37.2 Å². The lowest BCUT2D eigenvalue weighted by atomic mass is 9.91. The van der Waals surface area contributed by atoms with E-state index in [0.29, 0.717) is 13.1 Å². The van der Waals surface area contributed by atoms with E-state index in [0.717, 1.165) is 18.6 Å². The van der Waals surface area contributed by atoms with E-state index in [9.17, 15) is 18.7 Å². The molecule has 0 saturated carbocycles. The van der Waals surface area contributed by atoms with Crippen LogP contribution in [0.25, 0.3) is 0 Å². The van der Waals surface area contributed by atoms with Crippen LogP contribution < -0.4 is 0 Å². The third-order valence-corrected chi connectivity index (χ3v) is 4.05. The molecule has 0 spiro atoms. The van der Waals surface area contributed by atoms with Crippen LogP contribution in [-0.2, 0) is 0 Å². The molecular formula is C15H20F2N2O2. The number of halogens is 2. The average Bonchev–Trinajstić information content (AvgIpc) is 2.48. The summed E-state index contributed by atoms with van der Waals surface area (Å²) in [6.07, 6.45) is 0.744. The SMILES string of the molecule is CN(C)[C@@H]1CCN(C(=O)c2ccc(F)c(F)c2)C[C@@H]1CO. The van der Waals surface area contributed by atoms with Gasteiger partial charge in [-0.3, -0.25) is 4.79 Å². The number of carbonyl (C=O) groups is 1. The summed E-state index contributed by atoms with van der Waals surface area (Å²) in [6, 6.07) is 3.37. The number of likely N-dealkylation sites (tertiary alicyclic amines) is 1. The Bertz CT molecular complexity index is 522. The van der Waals surface area contributed by atoms with E-state index in [2.05, 4.69) is 0 Å². The van der Waals surface area contributed by atoms with Crippen molar-refractivity contribution < 1.29 is 18.7 Å². The number of amides is 1. The maximum Gasteiger partial charge on any atom is 0.253 e. The summed E-state index contributed by atoms with van der Waals surface area (Å²) in [6.45, 7) is 0.943. The van der Waals surface area contributed by atoms with Gasteiger partial charge in [-0.05, 0) is 38.7 Å². The van der Waals surface area contributed by atoms with Gasteiger partial charge in [0.2, 0.25) is 0 Å². The van der Waals surface area contributed by atoms with E-state index in [4.69, 9.17) is 0 Å². The molecule has 0 unspecified atom stereocenters. The number of piperidine rings is 1. The Morgan fingerprint density at radius 3 is 2.67 bits per heavy atom. The summed E-state index contributed by atoms with van der Waals surface area (Å²) >= 11 is 0. The molecule has 21 heavy (non-hydrogen) atoms. The molecule has 1 aromatic rings. The fraction of sp³-hybridized carbons (Fsp3) is 0.533. The zero-order valence-electron chi connectivity index (χ0n) is 12.2. The smallest absolute Gasteiger partial charge is 0.253 e. The van der Waals surface area contributed by atoms with Crippen LogP contribution in [0.2, 0.25) is 0 Å². The van der Waals surface area contributed by atoms with Crippen molar-refractivity contribution in [3.05, 3.63) is 35.4 Å². The van der Waals surface area contributed by atoms with Gasteiger partial charge in [-0.25, -0.2) is 8.78 Å². The monoisotopic (exact) mass is 298 g/mol. The van der Waals surface area contributed by atoms with E-state index in [1.807, 2.05) is 19.0 Å². The fourth-order valence-electron chi connectivity index (χ4n) is 2.88. The van der Waals surface area contributed by atoms with Gasteiger partial charge in [0.1, 0.15) is 0 Å². The molecule has 6 heteroatoms. The van der Waals surface area contributed by atoms with Gasteiger partial charge >= 0.3 is 0 Å². The van der Waals surface area contributed by atoms with Crippen LogP contribution in [0, 0.1) is 17.6 Å². The third kappa shape index (κ3) is 3.39. The number of aliphatic hydroxyl groups excluding tert-OH is 1. The summed E-state index contributed by atoms with van der Waals surface area (Å²) in [7, 11) is 3.89. The third-order valence-electron chi connectivity index (χ3n) is 4.05. The first-order chi connectivity index (χ1) is 9.93. The number of benzene rings is 1. The highest BCUT2D eigenvalue weighted by Gasteiger charge is 2.32. The van der Waals surface area contributed by atoms with Crippen LogP contribution in [0.1, 0.15) is 16.8 Å². The molecule has 1 saturated heterocycles. The maximum atomic E-state index is 13.2. The largest absolute Gasteiger partial charge is 0.396 e. The van der Waals surface area contributed by atoms with Crippen LogP contribution >= 0.6 is 0 Å². The number of hydrogen-bond acceptors (Lipinski definition) is 3. The van der Waals surface area contributed by atoms with Gasteiger partial charge in [0.15, 0.2) is 11.6 Å². The quantitative estimate of drug-likeness (QED) is 0.916. The molecule has 116 valence electrons. The molecule has 0 bridgehead atoms. The van der Waals surface area contributed by atoms with Gasteiger partial charge in [-0.2, -0.15) is 0 Å². The second-order valence-corrected chi connectivity index (χ2v) is 5.64. The van der Waals surface area contributed by atoms with Gasteiger partial charge in [0.25, 0.3) is 5.91 Å². The zero-order chi connectivity index (χ0) is 15.6. The predicted molar refractivity (Wildman–Crippen MR) is 74.9 cm³/mol. The second-order valence-electron chi connectivity index (χ2n) is 5.64. The van der Waals surface area contributed by atoms with Crippen LogP contribution in [0.15, 0.2) is 18.2 Å². The van der Waals surface area contributed by atoms with Crippen LogP contribution in [0.5, 0.6) is 0 Å². The van der Waals surface area contributed by atoms with Crippen LogP contribution in [0.4, 0.5) is 8.78 Å². The van der Waals surface area contributed by atoms with Gasteiger partial charge in [-0.1, -0.05) is 0 Å². The van der Waals surface area contributed by atoms with Crippen LogP contribution in [0.3, 0.4) is 0 Å². The van der Waals surface area contributed by atoms with Crippen molar-refractivity contribution in [3.63, 3.8) is 0 Å². The molecule has 0 radical (unpaired) electrons. The van der Waals surface area contributed by atoms with Gasteiger partial charge < -0.3 is 14.9 Å². The first-order valence-electron chi connectivity index (χ1n) is 6.95. The minimum Gasteiger partial charge on any atom is -0.396 e. The van der Waals surface area contributed by atoms with Crippen molar-refractivity contribution >= 4 is 5.91 Å². The molecule has 1 aliphatic heterocycles. The lowest BCUT2D eigenvalue weighted by molar-refractivity contribution is 0.0378. The van der Waals surface area contributed by atoms with E-state index in [-0.39, 0.29) is 30.0 Å². The lowest BCUT2D eigenvalue weighted by Gasteiger charge is -2.40. The molecule has 1 fully saturated rings. The fourth-order valence-corrected chi connectivity index (χ4v) is 2.88. The first-order valence-corrected chi connectivity index (χ1v) is 6.95. The Hall–Kier alpha value is -1.53. The Balaban J connectivity index is 2.12. The predicted octanol–water partition coefficient (Wildman–Crippen LogP) is 1.35. The van der Waals surface area contributed by atoms with E-state index < -0.39 is 11.6 Å². The van der Waals surface area contributed by atoms with Gasteiger partial charge in [0.05, 0.1) is 0 Å². The molecule has 1 N–H and O–H groups in total. The Labute approximate surface area is 123 Å². The number of carbonyl (C=O) groups excluding carboxylic acids is 1. The Morgan fingerprint density at radius 1 is 1.38 bits per heavy atom. The Kier molecular flexibility index (Phi) is 4.90. The van der Waals surface area contributed by atoms with Crippen molar-refractivity contribution in [1.82, 2.24) is 9.80 Å². The van der Waals surface area contributed by atoms with Crippen molar-refractivity contribution in [1.29, 1.82) is 0 Å². The number of hydrogen-bond donors (Lipinski definition) is 1. The van der Waals surface area contributed by atoms with Crippen molar-refractivity contribution in [2.24, 2.45) is 5.92 Å². The molecule has 4 nitrogen and oxygen atoms in total. The first kappa shape index (κ1) is 15.9. The molecule has 1 aliphatic rings. The Morgan fingerprint density at radius 2 is 2.10 bits per heavy atom. The summed E-state index contributed by atoms with van der Waals surface area (Å²) in [4.78, 5) is 16.0. The normalized spacial score (nSPS) is 22.7. The molecule has 2 rings (SSSR count). The van der Waals surface area contributed by atoms with Gasteiger partial charge in [-0.15, -0.1) is 0 Å².